The second-order valence-electron chi connectivity index (χ2n) is 7.90. The lowest BCUT2D eigenvalue weighted by molar-refractivity contribution is -0.115. The summed E-state index contributed by atoms with van der Waals surface area (Å²) in [4.78, 5) is 33.5. The first-order chi connectivity index (χ1) is 16.6. The highest BCUT2D eigenvalue weighted by atomic mass is 32.2. The van der Waals surface area contributed by atoms with Gasteiger partial charge in [0.2, 0.25) is 15.9 Å². The third-order valence-electron chi connectivity index (χ3n) is 5.46. The van der Waals surface area contributed by atoms with Gasteiger partial charge in [0.15, 0.2) is 5.13 Å². The van der Waals surface area contributed by atoms with E-state index in [0.29, 0.717) is 16.4 Å². The molecule has 0 atom stereocenters. The molecule has 9 nitrogen and oxygen atoms in total. The Balaban J connectivity index is 1.39. The highest BCUT2D eigenvalue weighted by molar-refractivity contribution is 7.89. The first kappa shape index (κ1) is 24.3. The van der Waals surface area contributed by atoms with Crippen LogP contribution >= 0.6 is 11.3 Å². The monoisotopic (exact) mass is 509 g/mol. The third kappa shape index (κ3) is 5.47. The van der Waals surface area contributed by atoms with E-state index in [1.807, 2.05) is 41.8 Å². The van der Waals surface area contributed by atoms with E-state index in [9.17, 15) is 18.0 Å². The van der Waals surface area contributed by atoms with E-state index in [2.05, 4.69) is 20.6 Å². The Hall–Kier alpha value is -3.83. The number of rotatable bonds is 7. The number of hydrogen-bond acceptors (Lipinski definition) is 7. The van der Waals surface area contributed by atoms with Gasteiger partial charge in [0.25, 0.3) is 5.91 Å². The highest BCUT2D eigenvalue weighted by Gasteiger charge is 2.20. The van der Waals surface area contributed by atoms with Crippen molar-refractivity contribution in [1.82, 2.24) is 19.3 Å². The van der Waals surface area contributed by atoms with Crippen LogP contribution in [0.2, 0.25) is 0 Å². The number of hydrogen-bond donors (Lipinski definition) is 2. The van der Waals surface area contributed by atoms with Crippen molar-refractivity contribution >= 4 is 38.3 Å². The van der Waals surface area contributed by atoms with Crippen molar-refractivity contribution in [1.29, 1.82) is 0 Å². The van der Waals surface area contributed by atoms with E-state index >= 15 is 0 Å². The molecule has 0 aliphatic rings. The number of amides is 2. The van der Waals surface area contributed by atoms with Crippen LogP contribution in [0.5, 0.6) is 0 Å². The van der Waals surface area contributed by atoms with Gasteiger partial charge in [0, 0.05) is 35.2 Å². The summed E-state index contributed by atoms with van der Waals surface area (Å²) in [7, 11) is -3.53. The largest absolute Gasteiger partial charge is 0.343 e. The topological polar surface area (TPSA) is 123 Å². The predicted molar refractivity (Wildman–Crippen MR) is 136 cm³/mol. The first-order valence-electron chi connectivity index (χ1n) is 10.6. The number of anilines is 1. The molecule has 180 valence electrons. The normalized spacial score (nSPS) is 11.3. The highest BCUT2D eigenvalue weighted by Crippen LogP contribution is 2.28. The fourth-order valence-corrected chi connectivity index (χ4v) is 5.20. The van der Waals surface area contributed by atoms with Gasteiger partial charge in [0.05, 0.1) is 24.1 Å². The predicted octanol–water partition coefficient (Wildman–Crippen LogP) is 3.47. The molecule has 0 bridgehead atoms. The Labute approximate surface area is 206 Å². The Morgan fingerprint density at radius 3 is 2.46 bits per heavy atom. The maximum absolute atomic E-state index is 12.5. The van der Waals surface area contributed by atoms with Crippen LogP contribution in [-0.4, -0.2) is 47.0 Å². The summed E-state index contributed by atoms with van der Waals surface area (Å²) in [5.74, 6) is -0.974. The summed E-state index contributed by atoms with van der Waals surface area (Å²) >= 11 is 1.28. The van der Waals surface area contributed by atoms with E-state index < -0.39 is 21.8 Å². The molecular weight excluding hydrogens is 486 g/mol. The molecular formula is C24H23N5O4S2. The van der Waals surface area contributed by atoms with Crippen LogP contribution in [0.15, 0.2) is 60.4 Å². The third-order valence-corrected chi connectivity index (χ3v) is 7.31. The first-order valence-corrected chi connectivity index (χ1v) is 13.3. The van der Waals surface area contributed by atoms with Gasteiger partial charge in [0.1, 0.15) is 0 Å². The average Bonchev–Trinajstić information content (AvgIpc) is 3.42. The minimum Gasteiger partial charge on any atom is -0.343 e. The van der Waals surface area contributed by atoms with Gasteiger partial charge in [-0.3, -0.25) is 14.6 Å². The molecule has 3 heterocycles. The second kappa shape index (κ2) is 9.80. The van der Waals surface area contributed by atoms with E-state index in [1.165, 1.54) is 17.5 Å². The van der Waals surface area contributed by atoms with Gasteiger partial charge in [-0.2, -0.15) is 0 Å². The maximum atomic E-state index is 12.5. The summed E-state index contributed by atoms with van der Waals surface area (Å²) < 4.78 is 24.8. The van der Waals surface area contributed by atoms with Crippen molar-refractivity contribution in [3.63, 3.8) is 0 Å². The molecule has 0 unspecified atom stereocenters. The molecule has 1 aromatic carbocycles. The Morgan fingerprint density at radius 2 is 1.77 bits per heavy atom. The maximum Gasteiger partial charge on any atom is 0.253 e. The van der Waals surface area contributed by atoms with Gasteiger partial charge >= 0.3 is 0 Å². The van der Waals surface area contributed by atoms with Crippen LogP contribution in [0.25, 0.3) is 22.4 Å². The van der Waals surface area contributed by atoms with E-state index in [1.54, 1.807) is 26.2 Å². The summed E-state index contributed by atoms with van der Waals surface area (Å²) in [6, 6.07) is 11.8. The lowest BCUT2D eigenvalue weighted by atomic mass is 10.0. The van der Waals surface area contributed by atoms with Crippen molar-refractivity contribution in [2.24, 2.45) is 0 Å². The number of carbonyl (C=O) groups excluding carboxylic acids is 2. The molecule has 0 spiro atoms. The fourth-order valence-electron chi connectivity index (χ4n) is 3.53. The summed E-state index contributed by atoms with van der Waals surface area (Å²) in [6.45, 7) is 2.99. The Bertz CT molecular complexity index is 1510. The Kier molecular flexibility index (Phi) is 6.81. The van der Waals surface area contributed by atoms with Crippen molar-refractivity contribution in [3.8, 4) is 22.4 Å². The molecule has 0 saturated carbocycles. The van der Waals surface area contributed by atoms with Gasteiger partial charge in [-0.15, -0.1) is 11.3 Å². The van der Waals surface area contributed by atoms with Gasteiger partial charge in [-0.1, -0.05) is 18.2 Å². The molecule has 0 aliphatic carbocycles. The minimum absolute atomic E-state index is 0.200. The molecule has 35 heavy (non-hydrogen) atoms. The van der Waals surface area contributed by atoms with Crippen LogP contribution in [0.4, 0.5) is 5.13 Å². The molecule has 3 aromatic heterocycles. The standard InChI is InChI=1S/C24H23N5O4S2/c1-15-16(2)29(35(3,32)33)13-20(15)23(31)26-12-22(30)28-24-27-21(14-34-24)19-6-4-5-18(11-19)17-7-9-25-10-8-17/h4-11,13-14H,12H2,1-3H3,(H,26,31)(H,27,28,30). The van der Waals surface area contributed by atoms with Crippen molar-refractivity contribution < 1.29 is 18.0 Å². The van der Waals surface area contributed by atoms with E-state index in [0.717, 1.165) is 32.6 Å². The van der Waals surface area contributed by atoms with Crippen LogP contribution < -0.4 is 10.6 Å². The van der Waals surface area contributed by atoms with Crippen LogP contribution in [-0.2, 0) is 14.8 Å². The SMILES string of the molecule is Cc1c(C(=O)NCC(=O)Nc2nc(-c3cccc(-c4ccncc4)c3)cs2)cn(S(C)(=O)=O)c1C. The molecule has 11 heteroatoms. The lowest BCUT2D eigenvalue weighted by Gasteiger charge is -2.05. The van der Waals surface area contributed by atoms with Crippen molar-refractivity contribution in [2.45, 2.75) is 13.8 Å². The zero-order valence-electron chi connectivity index (χ0n) is 19.3. The van der Waals surface area contributed by atoms with Crippen LogP contribution in [0.3, 0.4) is 0 Å². The van der Waals surface area contributed by atoms with Gasteiger partial charge in [-0.25, -0.2) is 17.4 Å². The summed E-state index contributed by atoms with van der Waals surface area (Å²) in [5, 5.41) is 7.47. The Morgan fingerprint density at radius 1 is 1.06 bits per heavy atom. The number of thiazole rings is 1. The van der Waals surface area contributed by atoms with Crippen LogP contribution in [0.1, 0.15) is 21.6 Å². The summed E-state index contributed by atoms with van der Waals surface area (Å²) in [5.41, 5.74) is 4.88. The van der Waals surface area contributed by atoms with Gasteiger partial charge in [-0.05, 0) is 48.7 Å². The fraction of sp³-hybridized carbons (Fsp3) is 0.167. The molecule has 2 amide bonds. The molecule has 0 fully saturated rings. The molecule has 0 radical (unpaired) electrons. The van der Waals surface area contributed by atoms with E-state index in [4.69, 9.17) is 0 Å². The molecule has 0 saturated heterocycles. The van der Waals surface area contributed by atoms with E-state index in [-0.39, 0.29) is 12.1 Å². The number of nitrogens with zero attached hydrogens (tertiary/aromatic N) is 3. The molecule has 2 N–H and O–H groups in total. The number of nitrogens with one attached hydrogen (secondary N) is 2. The number of benzene rings is 1. The average molecular weight is 510 g/mol. The quantitative estimate of drug-likeness (QED) is 0.393. The van der Waals surface area contributed by atoms with Gasteiger partial charge < -0.3 is 10.6 Å². The minimum atomic E-state index is -3.53. The molecule has 4 rings (SSSR count). The second-order valence-corrected chi connectivity index (χ2v) is 10.6. The van der Waals surface area contributed by atoms with Crippen molar-refractivity contribution in [2.75, 3.05) is 18.1 Å². The number of aromatic nitrogens is 3. The lowest BCUT2D eigenvalue weighted by Crippen LogP contribution is -2.33. The molecule has 4 aromatic rings. The number of pyridine rings is 1. The number of carbonyl (C=O) groups is 2. The van der Waals surface area contributed by atoms with Crippen molar-refractivity contribution in [3.05, 3.63) is 77.2 Å². The zero-order valence-corrected chi connectivity index (χ0v) is 20.9. The molecule has 0 aliphatic heterocycles. The van der Waals surface area contributed by atoms with Crippen LogP contribution in [0, 0.1) is 13.8 Å². The zero-order chi connectivity index (χ0) is 25.2. The smallest absolute Gasteiger partial charge is 0.253 e. The summed E-state index contributed by atoms with van der Waals surface area (Å²) in [6.07, 6.45) is 5.80.